The first kappa shape index (κ1) is 16.4. The highest BCUT2D eigenvalue weighted by atomic mass is 79.9. The lowest BCUT2D eigenvalue weighted by atomic mass is 9.89. The molecule has 0 fully saturated rings. The molecule has 21 heavy (non-hydrogen) atoms. The number of aliphatic hydroxyl groups is 1. The number of nitrogens with two attached hydrogens (primary N) is 1. The molecule has 0 aliphatic carbocycles. The minimum Gasteiger partial charge on any atom is -0.388 e. The summed E-state index contributed by atoms with van der Waals surface area (Å²) in [7, 11) is 0. The third kappa shape index (κ3) is 3.61. The molecule has 0 saturated carbocycles. The van der Waals surface area contributed by atoms with Gasteiger partial charge in [-0.1, -0.05) is 39.7 Å². The summed E-state index contributed by atoms with van der Waals surface area (Å²) in [5.74, 6) is -2.09. The summed E-state index contributed by atoms with van der Waals surface area (Å²) in [4.78, 5) is 0. The van der Waals surface area contributed by atoms with E-state index in [1.807, 2.05) is 0 Å². The minimum absolute atomic E-state index is 0.0898. The molecule has 0 aliphatic heterocycles. The van der Waals surface area contributed by atoms with Crippen molar-refractivity contribution in [2.75, 3.05) is 6.54 Å². The van der Waals surface area contributed by atoms with Crippen molar-refractivity contribution < 1.29 is 13.9 Å². The van der Waals surface area contributed by atoms with Crippen LogP contribution in [0.2, 0.25) is 5.02 Å². The van der Waals surface area contributed by atoms with Crippen LogP contribution in [-0.4, -0.2) is 11.7 Å². The maximum Gasteiger partial charge on any atom is 0.142 e. The van der Waals surface area contributed by atoms with Gasteiger partial charge in [0, 0.05) is 22.5 Å². The standard InChI is InChI=1S/C15H13BrClF2NO/c16-9-3-1-8(2-4-9)11(7-20)15(21)10-5-14(19)12(17)6-13(10)18/h1-6,11,15,21H,7,20H2. The number of rotatable bonds is 4. The summed E-state index contributed by atoms with van der Waals surface area (Å²) < 4.78 is 28.3. The number of aliphatic hydroxyl groups excluding tert-OH is 1. The third-order valence-electron chi connectivity index (χ3n) is 3.29. The van der Waals surface area contributed by atoms with Crippen LogP contribution >= 0.6 is 27.5 Å². The van der Waals surface area contributed by atoms with Crippen LogP contribution in [0.25, 0.3) is 0 Å². The Morgan fingerprint density at radius 3 is 2.33 bits per heavy atom. The lowest BCUT2D eigenvalue weighted by Gasteiger charge is -2.23. The highest BCUT2D eigenvalue weighted by molar-refractivity contribution is 9.10. The molecule has 0 bridgehead atoms. The van der Waals surface area contributed by atoms with Crippen LogP contribution in [0.1, 0.15) is 23.1 Å². The van der Waals surface area contributed by atoms with Crippen molar-refractivity contribution in [1.29, 1.82) is 0 Å². The van der Waals surface area contributed by atoms with Gasteiger partial charge in [-0.2, -0.15) is 0 Å². The monoisotopic (exact) mass is 375 g/mol. The van der Waals surface area contributed by atoms with E-state index in [-0.39, 0.29) is 17.1 Å². The molecule has 2 unspecified atom stereocenters. The first-order valence-corrected chi connectivity index (χ1v) is 7.39. The Labute approximate surface area is 134 Å². The van der Waals surface area contributed by atoms with E-state index in [9.17, 15) is 13.9 Å². The van der Waals surface area contributed by atoms with Crippen molar-refractivity contribution in [2.45, 2.75) is 12.0 Å². The Hall–Kier alpha value is -1.01. The normalized spacial score (nSPS) is 14.0. The van der Waals surface area contributed by atoms with E-state index < -0.39 is 23.7 Å². The molecule has 0 heterocycles. The van der Waals surface area contributed by atoms with Gasteiger partial charge >= 0.3 is 0 Å². The summed E-state index contributed by atoms with van der Waals surface area (Å²) in [5.41, 5.74) is 6.27. The van der Waals surface area contributed by atoms with E-state index in [2.05, 4.69) is 15.9 Å². The maximum absolute atomic E-state index is 13.9. The van der Waals surface area contributed by atoms with Gasteiger partial charge < -0.3 is 10.8 Å². The second-order valence-corrected chi connectivity index (χ2v) is 5.95. The Bertz CT molecular complexity index is 636. The number of halogens is 4. The fraction of sp³-hybridized carbons (Fsp3) is 0.200. The van der Waals surface area contributed by atoms with Gasteiger partial charge in [0.25, 0.3) is 0 Å². The number of hydrogen-bond donors (Lipinski definition) is 2. The zero-order valence-corrected chi connectivity index (χ0v) is 13.2. The number of hydrogen-bond acceptors (Lipinski definition) is 2. The van der Waals surface area contributed by atoms with Crippen LogP contribution in [0, 0.1) is 11.6 Å². The van der Waals surface area contributed by atoms with E-state index in [0.717, 1.165) is 22.2 Å². The molecule has 0 amide bonds. The second-order valence-electron chi connectivity index (χ2n) is 4.63. The SMILES string of the molecule is NCC(c1ccc(Br)cc1)C(O)c1cc(F)c(Cl)cc1F. The quantitative estimate of drug-likeness (QED) is 0.787. The van der Waals surface area contributed by atoms with Gasteiger partial charge in [0.15, 0.2) is 0 Å². The Morgan fingerprint density at radius 1 is 1.14 bits per heavy atom. The van der Waals surface area contributed by atoms with E-state index in [1.54, 1.807) is 24.3 Å². The Morgan fingerprint density at radius 2 is 1.76 bits per heavy atom. The van der Waals surface area contributed by atoms with Gasteiger partial charge in [0.1, 0.15) is 11.6 Å². The maximum atomic E-state index is 13.9. The van der Waals surface area contributed by atoms with Crippen molar-refractivity contribution in [3.63, 3.8) is 0 Å². The molecule has 2 aromatic carbocycles. The Balaban J connectivity index is 2.38. The van der Waals surface area contributed by atoms with Crippen molar-refractivity contribution in [3.05, 3.63) is 68.7 Å². The fourth-order valence-corrected chi connectivity index (χ4v) is 2.55. The van der Waals surface area contributed by atoms with Crippen LogP contribution in [0.5, 0.6) is 0 Å². The largest absolute Gasteiger partial charge is 0.388 e. The molecule has 0 radical (unpaired) electrons. The first-order valence-electron chi connectivity index (χ1n) is 6.22. The Kier molecular flexibility index (Phi) is 5.32. The van der Waals surface area contributed by atoms with Gasteiger partial charge in [-0.3, -0.25) is 0 Å². The summed E-state index contributed by atoms with van der Waals surface area (Å²) in [6, 6.07) is 8.89. The van der Waals surface area contributed by atoms with Crippen molar-refractivity contribution in [3.8, 4) is 0 Å². The molecule has 112 valence electrons. The van der Waals surface area contributed by atoms with E-state index in [4.69, 9.17) is 17.3 Å². The van der Waals surface area contributed by atoms with Crippen LogP contribution in [0.3, 0.4) is 0 Å². The molecule has 0 saturated heterocycles. The topological polar surface area (TPSA) is 46.2 Å². The van der Waals surface area contributed by atoms with Crippen molar-refractivity contribution in [1.82, 2.24) is 0 Å². The first-order chi connectivity index (χ1) is 9.93. The van der Waals surface area contributed by atoms with E-state index in [0.29, 0.717) is 0 Å². The zero-order valence-electron chi connectivity index (χ0n) is 10.9. The van der Waals surface area contributed by atoms with Crippen molar-refractivity contribution >= 4 is 27.5 Å². The molecule has 3 N–H and O–H groups in total. The molecule has 0 aromatic heterocycles. The van der Waals surface area contributed by atoms with Crippen LogP contribution in [0.4, 0.5) is 8.78 Å². The molecule has 0 aliphatic rings. The van der Waals surface area contributed by atoms with Crippen LogP contribution in [0.15, 0.2) is 40.9 Å². The zero-order chi connectivity index (χ0) is 15.6. The van der Waals surface area contributed by atoms with Crippen LogP contribution < -0.4 is 5.73 Å². The molecular weight excluding hydrogens is 364 g/mol. The van der Waals surface area contributed by atoms with E-state index in [1.165, 1.54) is 0 Å². The van der Waals surface area contributed by atoms with Gasteiger partial charge in [-0.15, -0.1) is 0 Å². The smallest absolute Gasteiger partial charge is 0.142 e. The lowest BCUT2D eigenvalue weighted by Crippen LogP contribution is -2.21. The third-order valence-corrected chi connectivity index (χ3v) is 4.11. The number of benzene rings is 2. The predicted octanol–water partition coefficient (Wildman–Crippen LogP) is 4.16. The molecule has 2 rings (SSSR count). The molecular formula is C15H13BrClF2NO. The van der Waals surface area contributed by atoms with Gasteiger partial charge in [0.05, 0.1) is 11.1 Å². The summed E-state index contributed by atoms with van der Waals surface area (Å²) in [6.45, 7) is 0.0898. The molecule has 6 heteroatoms. The molecule has 2 aromatic rings. The highest BCUT2D eigenvalue weighted by Gasteiger charge is 2.25. The molecule has 2 atom stereocenters. The average molecular weight is 377 g/mol. The lowest BCUT2D eigenvalue weighted by molar-refractivity contribution is 0.142. The van der Waals surface area contributed by atoms with Crippen molar-refractivity contribution in [2.24, 2.45) is 5.73 Å². The second kappa shape index (κ2) is 6.83. The summed E-state index contributed by atoms with van der Waals surface area (Å²) in [6.07, 6.45) is -1.26. The summed E-state index contributed by atoms with van der Waals surface area (Å²) >= 11 is 8.82. The van der Waals surface area contributed by atoms with Gasteiger partial charge in [-0.25, -0.2) is 8.78 Å². The molecule has 0 spiro atoms. The highest BCUT2D eigenvalue weighted by Crippen LogP contribution is 2.33. The van der Waals surface area contributed by atoms with E-state index >= 15 is 0 Å². The van der Waals surface area contributed by atoms with Gasteiger partial charge in [-0.05, 0) is 29.8 Å². The minimum atomic E-state index is -1.26. The fourth-order valence-electron chi connectivity index (χ4n) is 2.14. The van der Waals surface area contributed by atoms with Crippen LogP contribution in [-0.2, 0) is 0 Å². The predicted molar refractivity (Wildman–Crippen MR) is 82.3 cm³/mol. The molecule has 2 nitrogen and oxygen atoms in total. The average Bonchev–Trinajstić information content (AvgIpc) is 2.45. The van der Waals surface area contributed by atoms with Gasteiger partial charge in [0.2, 0.25) is 0 Å². The summed E-state index contributed by atoms with van der Waals surface area (Å²) in [5, 5.41) is 10.0.